The zero-order valence-electron chi connectivity index (χ0n) is 12.8. The minimum Gasteiger partial charge on any atom is -0.345 e. The van der Waals surface area contributed by atoms with Gasteiger partial charge in [-0.15, -0.1) is 0 Å². The summed E-state index contributed by atoms with van der Waals surface area (Å²) in [6, 6.07) is 8.04. The fourth-order valence-corrected chi connectivity index (χ4v) is 2.74. The number of aryl methyl sites for hydroxylation is 1. The van der Waals surface area contributed by atoms with E-state index in [-0.39, 0.29) is 6.04 Å². The van der Waals surface area contributed by atoms with E-state index >= 15 is 0 Å². The molecule has 2 N–H and O–H groups in total. The van der Waals surface area contributed by atoms with Gasteiger partial charge < -0.3 is 10.6 Å². The second-order valence-electron chi connectivity index (χ2n) is 6.10. The lowest BCUT2D eigenvalue weighted by molar-refractivity contribution is -0.139. The molecule has 0 aromatic heterocycles. The van der Waals surface area contributed by atoms with Crippen LogP contribution in [0.2, 0.25) is 0 Å². The Kier molecular flexibility index (Phi) is 5.37. The van der Waals surface area contributed by atoms with Crippen molar-refractivity contribution in [2.75, 3.05) is 0 Å². The Balaban J connectivity index is 1.76. The molecule has 0 bridgehead atoms. The van der Waals surface area contributed by atoms with Gasteiger partial charge >= 0.3 is 11.8 Å². The Morgan fingerprint density at radius 2 is 1.86 bits per heavy atom. The van der Waals surface area contributed by atoms with Crippen molar-refractivity contribution < 1.29 is 9.59 Å². The number of carbonyl (C=O) groups is 2. The third-order valence-corrected chi connectivity index (χ3v) is 4.09. The molecule has 21 heavy (non-hydrogen) atoms. The second-order valence-corrected chi connectivity index (χ2v) is 6.10. The van der Waals surface area contributed by atoms with E-state index in [1.807, 2.05) is 31.2 Å². The fraction of sp³-hybridized carbons (Fsp3) is 0.529. The first kappa shape index (κ1) is 15.5. The topological polar surface area (TPSA) is 58.2 Å². The minimum absolute atomic E-state index is 0.151. The number of hydrogen-bond donors (Lipinski definition) is 2. The largest absolute Gasteiger partial charge is 0.345 e. The van der Waals surface area contributed by atoms with Crippen LogP contribution in [-0.2, 0) is 16.1 Å². The van der Waals surface area contributed by atoms with Crippen molar-refractivity contribution >= 4 is 11.8 Å². The van der Waals surface area contributed by atoms with Gasteiger partial charge in [0.05, 0.1) is 0 Å². The van der Waals surface area contributed by atoms with Crippen molar-refractivity contribution in [1.82, 2.24) is 10.6 Å². The molecule has 1 aliphatic rings. The van der Waals surface area contributed by atoms with Gasteiger partial charge in [-0.2, -0.15) is 0 Å². The molecule has 0 atom stereocenters. The van der Waals surface area contributed by atoms with E-state index in [9.17, 15) is 9.59 Å². The van der Waals surface area contributed by atoms with Crippen molar-refractivity contribution in [3.05, 3.63) is 35.4 Å². The summed E-state index contributed by atoms with van der Waals surface area (Å²) in [6.07, 6.45) is 4.18. The molecule has 1 aromatic carbocycles. The van der Waals surface area contributed by atoms with Crippen LogP contribution in [0.4, 0.5) is 0 Å². The number of benzene rings is 1. The summed E-state index contributed by atoms with van der Waals surface area (Å²) in [6.45, 7) is 4.62. The first-order chi connectivity index (χ1) is 10.0. The summed E-state index contributed by atoms with van der Waals surface area (Å²) in [5.41, 5.74) is 2.14. The first-order valence-corrected chi connectivity index (χ1v) is 7.69. The third-order valence-electron chi connectivity index (χ3n) is 4.09. The van der Waals surface area contributed by atoms with E-state index in [0.29, 0.717) is 6.54 Å². The molecule has 4 nitrogen and oxygen atoms in total. The smallest absolute Gasteiger partial charge is 0.309 e. The Hall–Kier alpha value is -1.84. The Morgan fingerprint density at radius 3 is 2.52 bits per heavy atom. The lowest BCUT2D eigenvalue weighted by Gasteiger charge is -2.26. The number of nitrogens with one attached hydrogen (secondary N) is 2. The van der Waals surface area contributed by atoms with Crippen molar-refractivity contribution in [2.45, 2.75) is 52.1 Å². The van der Waals surface area contributed by atoms with Crippen LogP contribution in [0.25, 0.3) is 0 Å². The zero-order valence-corrected chi connectivity index (χ0v) is 12.8. The fourth-order valence-electron chi connectivity index (χ4n) is 2.74. The van der Waals surface area contributed by atoms with Crippen LogP contribution in [0.5, 0.6) is 0 Å². The standard InChI is InChI=1S/C17H24N2O2/c1-12-6-8-15(9-7-12)19-17(21)16(20)18-11-14-5-3-4-13(2)10-14/h3-5,10,12,15H,6-9,11H2,1-2H3,(H,18,20)(H,19,21). The normalized spacial score (nSPS) is 21.6. The highest BCUT2D eigenvalue weighted by Crippen LogP contribution is 2.23. The number of amides is 2. The maximum Gasteiger partial charge on any atom is 0.309 e. The van der Waals surface area contributed by atoms with Crippen molar-refractivity contribution in [2.24, 2.45) is 5.92 Å². The van der Waals surface area contributed by atoms with Gasteiger partial charge in [-0.05, 0) is 44.1 Å². The third kappa shape index (κ3) is 4.88. The van der Waals surface area contributed by atoms with Crippen LogP contribution in [0.3, 0.4) is 0 Å². The van der Waals surface area contributed by atoms with Gasteiger partial charge in [0.15, 0.2) is 0 Å². The van der Waals surface area contributed by atoms with Gasteiger partial charge in [0.2, 0.25) is 0 Å². The summed E-state index contributed by atoms with van der Waals surface area (Å²) < 4.78 is 0. The zero-order chi connectivity index (χ0) is 15.2. The Labute approximate surface area is 126 Å². The molecule has 0 heterocycles. The van der Waals surface area contributed by atoms with Gasteiger partial charge in [-0.25, -0.2) is 0 Å². The highest BCUT2D eigenvalue weighted by atomic mass is 16.2. The molecule has 0 unspecified atom stereocenters. The highest BCUT2D eigenvalue weighted by molar-refractivity contribution is 6.35. The lowest BCUT2D eigenvalue weighted by Crippen LogP contribution is -2.45. The van der Waals surface area contributed by atoms with E-state index < -0.39 is 11.8 Å². The molecule has 2 rings (SSSR count). The molecular formula is C17H24N2O2. The van der Waals surface area contributed by atoms with Gasteiger partial charge in [0, 0.05) is 12.6 Å². The lowest BCUT2D eigenvalue weighted by atomic mass is 9.87. The average Bonchev–Trinajstić information content (AvgIpc) is 2.47. The molecule has 1 saturated carbocycles. The van der Waals surface area contributed by atoms with E-state index in [4.69, 9.17) is 0 Å². The van der Waals surface area contributed by atoms with E-state index in [1.165, 1.54) is 0 Å². The SMILES string of the molecule is Cc1cccc(CNC(=O)C(=O)NC2CCC(C)CC2)c1. The summed E-state index contributed by atoms with van der Waals surface area (Å²) in [5.74, 6) is -0.328. The average molecular weight is 288 g/mol. The van der Waals surface area contributed by atoms with Crippen molar-refractivity contribution in [3.8, 4) is 0 Å². The summed E-state index contributed by atoms with van der Waals surface area (Å²) in [4.78, 5) is 23.7. The molecule has 114 valence electrons. The molecular weight excluding hydrogens is 264 g/mol. The maximum absolute atomic E-state index is 11.9. The maximum atomic E-state index is 11.9. The van der Waals surface area contributed by atoms with Crippen LogP contribution < -0.4 is 10.6 Å². The number of rotatable bonds is 3. The molecule has 0 radical (unpaired) electrons. The molecule has 0 saturated heterocycles. The van der Waals surface area contributed by atoms with Gasteiger partial charge in [-0.3, -0.25) is 9.59 Å². The summed E-state index contributed by atoms with van der Waals surface area (Å²) >= 11 is 0. The number of hydrogen-bond acceptors (Lipinski definition) is 2. The summed E-state index contributed by atoms with van der Waals surface area (Å²) in [5, 5.41) is 5.51. The Morgan fingerprint density at radius 1 is 1.14 bits per heavy atom. The van der Waals surface area contributed by atoms with Gasteiger partial charge in [0.1, 0.15) is 0 Å². The molecule has 1 fully saturated rings. The second kappa shape index (κ2) is 7.25. The van der Waals surface area contributed by atoms with Crippen LogP contribution in [0, 0.1) is 12.8 Å². The minimum atomic E-state index is -0.546. The predicted molar refractivity (Wildman–Crippen MR) is 82.6 cm³/mol. The molecule has 1 aliphatic carbocycles. The van der Waals surface area contributed by atoms with Crippen molar-refractivity contribution in [3.63, 3.8) is 0 Å². The van der Waals surface area contributed by atoms with Gasteiger partial charge in [-0.1, -0.05) is 36.8 Å². The van der Waals surface area contributed by atoms with Crippen LogP contribution >= 0.6 is 0 Å². The molecule has 1 aromatic rings. The molecule has 0 aliphatic heterocycles. The predicted octanol–water partition coefficient (Wildman–Crippen LogP) is 2.31. The number of carbonyl (C=O) groups excluding carboxylic acids is 2. The Bertz CT molecular complexity index is 505. The van der Waals surface area contributed by atoms with Crippen molar-refractivity contribution in [1.29, 1.82) is 0 Å². The monoisotopic (exact) mass is 288 g/mol. The van der Waals surface area contributed by atoms with E-state index in [0.717, 1.165) is 42.7 Å². The van der Waals surface area contributed by atoms with Crippen LogP contribution in [0.15, 0.2) is 24.3 Å². The van der Waals surface area contributed by atoms with Gasteiger partial charge in [0.25, 0.3) is 0 Å². The first-order valence-electron chi connectivity index (χ1n) is 7.69. The molecule has 4 heteroatoms. The quantitative estimate of drug-likeness (QED) is 0.839. The summed E-state index contributed by atoms with van der Waals surface area (Å²) in [7, 11) is 0. The molecule has 2 amide bonds. The van der Waals surface area contributed by atoms with E-state index in [2.05, 4.69) is 17.6 Å². The highest BCUT2D eigenvalue weighted by Gasteiger charge is 2.22. The van der Waals surface area contributed by atoms with Crippen LogP contribution in [-0.4, -0.2) is 17.9 Å². The molecule has 0 spiro atoms. The van der Waals surface area contributed by atoms with E-state index in [1.54, 1.807) is 0 Å². The van der Waals surface area contributed by atoms with Crippen LogP contribution in [0.1, 0.15) is 43.7 Å².